The Morgan fingerprint density at radius 3 is 2.50 bits per heavy atom. The summed E-state index contributed by atoms with van der Waals surface area (Å²) in [6.45, 7) is 0.461. The lowest BCUT2D eigenvalue weighted by atomic mass is 10.2. The Labute approximate surface area is 111 Å². The summed E-state index contributed by atoms with van der Waals surface area (Å²) in [5, 5.41) is 10.8. The molecular weight excluding hydrogens is 300 g/mol. The number of pyridine rings is 1. The third-order valence-corrected chi connectivity index (χ3v) is 3.38. The molecule has 0 saturated heterocycles. The molecule has 18 heavy (non-hydrogen) atoms. The maximum Gasteiger partial charge on any atom is 0.283 e. The van der Waals surface area contributed by atoms with Crippen molar-refractivity contribution < 1.29 is 4.92 Å². The second kappa shape index (κ2) is 5.14. The molecule has 0 fully saturated rings. The summed E-state index contributed by atoms with van der Waals surface area (Å²) in [5.41, 5.74) is 0.755. The number of benzene rings is 1. The van der Waals surface area contributed by atoms with Crippen LogP contribution in [0.15, 0.2) is 52.0 Å². The van der Waals surface area contributed by atoms with Gasteiger partial charge in [0.25, 0.3) is 5.69 Å². The van der Waals surface area contributed by atoms with E-state index in [0.717, 1.165) is 5.56 Å². The van der Waals surface area contributed by atoms with Crippen molar-refractivity contribution in [2.75, 3.05) is 0 Å². The zero-order valence-corrected chi connectivity index (χ0v) is 10.8. The largest absolute Gasteiger partial charge is 0.350 e. The highest BCUT2D eigenvalue weighted by Crippen LogP contribution is 2.28. The number of rotatable bonds is 3. The van der Waals surface area contributed by atoms with E-state index in [4.69, 9.17) is 0 Å². The zero-order valence-electron chi connectivity index (χ0n) is 9.25. The van der Waals surface area contributed by atoms with Crippen molar-refractivity contribution in [3.8, 4) is 0 Å². The van der Waals surface area contributed by atoms with E-state index in [1.165, 1.54) is 18.2 Å². The molecule has 0 bridgehead atoms. The van der Waals surface area contributed by atoms with Crippen molar-refractivity contribution in [1.29, 1.82) is 0 Å². The third-order valence-electron chi connectivity index (χ3n) is 2.47. The highest BCUT2D eigenvalue weighted by atomic mass is 79.9. The molecular formula is C12H9BrN2O3. The minimum Gasteiger partial charge on any atom is -0.350 e. The molecule has 0 radical (unpaired) electrons. The average molecular weight is 309 g/mol. The van der Waals surface area contributed by atoms with Crippen molar-refractivity contribution in [3.05, 3.63) is 73.1 Å². The van der Waals surface area contributed by atoms with Crippen molar-refractivity contribution in [1.82, 2.24) is 4.57 Å². The predicted octanol–water partition coefficient (Wildman–Crippen LogP) is 2.57. The van der Waals surface area contributed by atoms with Crippen molar-refractivity contribution in [3.63, 3.8) is 0 Å². The van der Waals surface area contributed by atoms with Gasteiger partial charge in [-0.2, -0.15) is 0 Å². The molecule has 0 unspecified atom stereocenters. The van der Waals surface area contributed by atoms with Crippen molar-refractivity contribution >= 4 is 21.6 Å². The van der Waals surface area contributed by atoms with E-state index in [0.29, 0.717) is 11.0 Å². The predicted molar refractivity (Wildman–Crippen MR) is 70.6 cm³/mol. The van der Waals surface area contributed by atoms with Crippen LogP contribution < -0.4 is 5.43 Å². The Morgan fingerprint density at radius 1 is 1.22 bits per heavy atom. The molecule has 92 valence electrons. The molecule has 0 aliphatic heterocycles. The summed E-state index contributed by atoms with van der Waals surface area (Å²) in [4.78, 5) is 21.3. The van der Waals surface area contributed by atoms with Gasteiger partial charge in [-0.25, -0.2) is 0 Å². The van der Waals surface area contributed by atoms with Gasteiger partial charge in [0.1, 0.15) is 4.47 Å². The maximum absolute atomic E-state index is 11.0. The van der Waals surface area contributed by atoms with Crippen LogP contribution in [0.2, 0.25) is 0 Å². The minimum absolute atomic E-state index is 0.0357. The molecule has 0 aliphatic rings. The lowest BCUT2D eigenvalue weighted by molar-refractivity contribution is -0.385. The van der Waals surface area contributed by atoms with Gasteiger partial charge in [0.05, 0.1) is 4.92 Å². The smallest absolute Gasteiger partial charge is 0.283 e. The van der Waals surface area contributed by atoms with Gasteiger partial charge in [0.15, 0.2) is 5.43 Å². The first-order valence-electron chi connectivity index (χ1n) is 5.16. The lowest BCUT2D eigenvalue weighted by Crippen LogP contribution is -2.05. The van der Waals surface area contributed by atoms with Crippen molar-refractivity contribution in [2.24, 2.45) is 0 Å². The zero-order chi connectivity index (χ0) is 13.1. The second-order valence-corrected chi connectivity index (χ2v) is 4.51. The van der Waals surface area contributed by atoms with Crippen LogP contribution in [0.5, 0.6) is 0 Å². The SMILES string of the molecule is O=c1ccn(Cc2cccc([N+](=O)[O-])c2Br)cc1. The Kier molecular flexibility index (Phi) is 3.57. The van der Waals surface area contributed by atoms with Gasteiger partial charge in [0, 0.05) is 37.1 Å². The van der Waals surface area contributed by atoms with Gasteiger partial charge >= 0.3 is 0 Å². The third kappa shape index (κ3) is 2.65. The van der Waals surface area contributed by atoms with Crippen LogP contribution >= 0.6 is 15.9 Å². The van der Waals surface area contributed by atoms with E-state index in [2.05, 4.69) is 15.9 Å². The summed E-state index contributed by atoms with van der Waals surface area (Å²) in [6.07, 6.45) is 3.29. The van der Waals surface area contributed by atoms with E-state index in [-0.39, 0.29) is 11.1 Å². The second-order valence-electron chi connectivity index (χ2n) is 3.71. The first kappa shape index (κ1) is 12.5. The number of halogens is 1. The fourth-order valence-corrected chi connectivity index (χ4v) is 2.11. The minimum atomic E-state index is -0.432. The summed E-state index contributed by atoms with van der Waals surface area (Å²) in [5.74, 6) is 0. The van der Waals surface area contributed by atoms with Crippen molar-refractivity contribution in [2.45, 2.75) is 6.54 Å². The molecule has 0 spiro atoms. The fourth-order valence-electron chi connectivity index (χ4n) is 1.58. The Morgan fingerprint density at radius 2 is 1.89 bits per heavy atom. The number of nitro benzene ring substituents is 1. The molecule has 2 aromatic rings. The molecule has 0 N–H and O–H groups in total. The molecule has 5 nitrogen and oxygen atoms in total. The topological polar surface area (TPSA) is 65.1 Å². The van der Waals surface area contributed by atoms with Gasteiger partial charge in [-0.15, -0.1) is 0 Å². The molecule has 2 rings (SSSR count). The fraction of sp³-hybridized carbons (Fsp3) is 0.0833. The van der Waals surface area contributed by atoms with Crippen LogP contribution in [0.25, 0.3) is 0 Å². The van der Waals surface area contributed by atoms with Gasteiger partial charge < -0.3 is 4.57 Å². The van der Waals surface area contributed by atoms with Crippen LogP contribution in [0.3, 0.4) is 0 Å². The number of aromatic nitrogens is 1. The summed E-state index contributed by atoms with van der Waals surface area (Å²) in [7, 11) is 0. The molecule has 0 atom stereocenters. The van der Waals surface area contributed by atoms with E-state index in [9.17, 15) is 14.9 Å². The molecule has 0 amide bonds. The Balaban J connectivity index is 2.35. The molecule has 0 saturated carbocycles. The lowest BCUT2D eigenvalue weighted by Gasteiger charge is -2.07. The average Bonchev–Trinajstić information content (AvgIpc) is 2.34. The highest BCUT2D eigenvalue weighted by molar-refractivity contribution is 9.10. The summed E-state index contributed by atoms with van der Waals surface area (Å²) >= 11 is 3.24. The standard InChI is InChI=1S/C12H9BrN2O3/c13-12-9(2-1-3-11(12)15(17)18)8-14-6-4-10(16)5-7-14/h1-7H,8H2. The monoisotopic (exact) mass is 308 g/mol. The number of hydrogen-bond donors (Lipinski definition) is 0. The molecule has 6 heteroatoms. The summed E-state index contributed by atoms with van der Waals surface area (Å²) < 4.78 is 2.25. The number of nitrogens with zero attached hydrogens (tertiary/aromatic N) is 2. The van der Waals surface area contributed by atoms with E-state index < -0.39 is 4.92 Å². The Bertz CT molecular complexity index is 632. The molecule has 1 aromatic heterocycles. The van der Waals surface area contributed by atoms with Crippen LogP contribution in [-0.4, -0.2) is 9.49 Å². The van der Waals surface area contributed by atoms with E-state index >= 15 is 0 Å². The van der Waals surface area contributed by atoms with E-state index in [1.54, 1.807) is 29.1 Å². The first-order valence-corrected chi connectivity index (χ1v) is 5.95. The maximum atomic E-state index is 11.0. The first-order chi connectivity index (χ1) is 8.58. The molecule has 1 heterocycles. The quantitative estimate of drug-likeness (QED) is 0.646. The Hall–Kier alpha value is -1.95. The summed E-state index contributed by atoms with van der Waals surface area (Å²) in [6, 6.07) is 7.78. The van der Waals surface area contributed by atoms with E-state index in [1.807, 2.05) is 0 Å². The van der Waals surface area contributed by atoms with Crippen LogP contribution in [0.4, 0.5) is 5.69 Å². The number of nitro groups is 1. The number of hydrogen-bond acceptors (Lipinski definition) is 3. The molecule has 1 aromatic carbocycles. The highest BCUT2D eigenvalue weighted by Gasteiger charge is 2.14. The van der Waals surface area contributed by atoms with Gasteiger partial charge in [0.2, 0.25) is 0 Å². The van der Waals surface area contributed by atoms with Crippen LogP contribution in [0.1, 0.15) is 5.56 Å². The van der Waals surface area contributed by atoms with Gasteiger partial charge in [-0.1, -0.05) is 12.1 Å². The van der Waals surface area contributed by atoms with Crippen LogP contribution in [-0.2, 0) is 6.54 Å². The normalized spacial score (nSPS) is 10.3. The molecule has 0 aliphatic carbocycles. The van der Waals surface area contributed by atoms with Gasteiger partial charge in [-0.3, -0.25) is 14.9 Å². The van der Waals surface area contributed by atoms with Gasteiger partial charge in [-0.05, 0) is 21.5 Å². The van der Waals surface area contributed by atoms with Crippen LogP contribution in [0, 0.1) is 10.1 Å².